The van der Waals surface area contributed by atoms with Crippen LogP contribution in [0.25, 0.3) is 0 Å². The van der Waals surface area contributed by atoms with Gasteiger partial charge in [0.25, 0.3) is 11.8 Å². The van der Waals surface area contributed by atoms with Gasteiger partial charge in [-0.25, -0.2) is 0 Å². The largest absolute Gasteiger partial charge is 0.392 e. The lowest BCUT2D eigenvalue weighted by Gasteiger charge is -2.20. The molecule has 1 heterocycles. The number of imide groups is 1. The van der Waals surface area contributed by atoms with Crippen LogP contribution in [0.2, 0.25) is 0 Å². The first-order chi connectivity index (χ1) is 9.50. The molecule has 0 spiro atoms. The number of aliphatic hydroxyl groups excluding tert-OH is 1. The summed E-state index contributed by atoms with van der Waals surface area (Å²) in [6, 6.07) is 6.91. The van der Waals surface area contributed by atoms with Crippen molar-refractivity contribution in [3.63, 3.8) is 0 Å². The maximum absolute atomic E-state index is 12.1. The zero-order chi connectivity index (χ0) is 14.7. The Balaban J connectivity index is 1.90. The maximum Gasteiger partial charge on any atom is 0.261 e. The number of carbonyl (C=O) groups excluding carboxylic acids is 2. The van der Waals surface area contributed by atoms with E-state index in [2.05, 4.69) is 0 Å². The molecule has 5 heteroatoms. The lowest BCUT2D eigenvalue weighted by Crippen LogP contribution is -2.34. The lowest BCUT2D eigenvalue weighted by atomic mass is 10.1. The first kappa shape index (κ1) is 14.7. The summed E-state index contributed by atoms with van der Waals surface area (Å²) < 4.78 is 0. The molecular formula is C15H20N2O3. The number of amides is 2. The minimum Gasteiger partial charge on any atom is -0.392 e. The second-order valence-corrected chi connectivity index (χ2v) is 5.27. The van der Waals surface area contributed by atoms with E-state index in [9.17, 15) is 14.7 Å². The SMILES string of the molecule is CC(O)CN(C)CCCN1C(=O)c2ccccc2C1=O. The molecule has 0 aliphatic carbocycles. The summed E-state index contributed by atoms with van der Waals surface area (Å²) >= 11 is 0. The Morgan fingerprint density at radius 1 is 1.20 bits per heavy atom. The Hall–Kier alpha value is -1.72. The van der Waals surface area contributed by atoms with E-state index in [1.807, 2.05) is 11.9 Å². The van der Waals surface area contributed by atoms with Gasteiger partial charge in [-0.1, -0.05) is 12.1 Å². The van der Waals surface area contributed by atoms with Crippen LogP contribution in [0.5, 0.6) is 0 Å². The van der Waals surface area contributed by atoms with Crippen LogP contribution in [-0.2, 0) is 0 Å². The van der Waals surface area contributed by atoms with Crippen molar-refractivity contribution in [3.8, 4) is 0 Å². The van der Waals surface area contributed by atoms with E-state index >= 15 is 0 Å². The number of carbonyl (C=O) groups is 2. The average molecular weight is 276 g/mol. The molecule has 0 saturated heterocycles. The zero-order valence-electron chi connectivity index (χ0n) is 11.9. The quantitative estimate of drug-likeness (QED) is 0.787. The van der Waals surface area contributed by atoms with Crippen molar-refractivity contribution in [3.05, 3.63) is 35.4 Å². The number of benzene rings is 1. The van der Waals surface area contributed by atoms with Crippen LogP contribution < -0.4 is 0 Å². The molecule has 1 unspecified atom stereocenters. The van der Waals surface area contributed by atoms with E-state index in [1.165, 1.54) is 4.90 Å². The van der Waals surface area contributed by atoms with E-state index in [1.54, 1.807) is 31.2 Å². The summed E-state index contributed by atoms with van der Waals surface area (Å²) in [7, 11) is 1.91. The lowest BCUT2D eigenvalue weighted by molar-refractivity contribution is 0.0644. The third kappa shape index (κ3) is 3.05. The van der Waals surface area contributed by atoms with Crippen molar-refractivity contribution < 1.29 is 14.7 Å². The van der Waals surface area contributed by atoms with Crippen LogP contribution >= 0.6 is 0 Å². The van der Waals surface area contributed by atoms with Crippen molar-refractivity contribution in [2.24, 2.45) is 0 Å². The van der Waals surface area contributed by atoms with Gasteiger partial charge in [-0.3, -0.25) is 14.5 Å². The summed E-state index contributed by atoms with van der Waals surface area (Å²) in [4.78, 5) is 27.5. The standard InChI is InChI=1S/C15H20N2O3/c1-11(18)10-16(2)8-5-9-17-14(19)12-6-3-4-7-13(12)15(17)20/h3-4,6-7,11,18H,5,8-10H2,1-2H3. The fraction of sp³-hybridized carbons (Fsp3) is 0.467. The number of rotatable bonds is 6. The Morgan fingerprint density at radius 3 is 2.25 bits per heavy atom. The first-order valence-corrected chi connectivity index (χ1v) is 6.82. The summed E-state index contributed by atoms with van der Waals surface area (Å²) in [5.74, 6) is -0.410. The molecule has 5 nitrogen and oxygen atoms in total. The Bertz CT molecular complexity index is 479. The van der Waals surface area contributed by atoms with Crippen LogP contribution in [0.3, 0.4) is 0 Å². The Kier molecular flexibility index (Phi) is 4.52. The third-order valence-electron chi connectivity index (χ3n) is 3.38. The van der Waals surface area contributed by atoms with Gasteiger partial charge in [-0.15, -0.1) is 0 Å². The number of nitrogens with zero attached hydrogens (tertiary/aromatic N) is 2. The van der Waals surface area contributed by atoms with Crippen LogP contribution in [0.1, 0.15) is 34.1 Å². The Morgan fingerprint density at radius 2 is 1.75 bits per heavy atom. The van der Waals surface area contributed by atoms with Crippen LogP contribution in [0, 0.1) is 0 Å². The maximum atomic E-state index is 12.1. The summed E-state index contributed by atoms with van der Waals surface area (Å²) in [6.07, 6.45) is 0.327. The van der Waals surface area contributed by atoms with Gasteiger partial charge in [0.05, 0.1) is 17.2 Å². The normalized spacial score (nSPS) is 15.9. The van der Waals surface area contributed by atoms with Gasteiger partial charge in [0.2, 0.25) is 0 Å². The van der Waals surface area contributed by atoms with Crippen molar-refractivity contribution in [1.82, 2.24) is 9.80 Å². The fourth-order valence-corrected chi connectivity index (χ4v) is 2.48. The Labute approximate surface area is 118 Å². The molecule has 1 atom stereocenters. The zero-order valence-corrected chi connectivity index (χ0v) is 11.9. The van der Waals surface area contributed by atoms with Crippen molar-refractivity contribution >= 4 is 11.8 Å². The number of hydrogen-bond acceptors (Lipinski definition) is 4. The third-order valence-corrected chi connectivity index (χ3v) is 3.38. The summed E-state index contributed by atoms with van der Waals surface area (Å²) in [5, 5.41) is 9.28. The molecule has 0 fully saturated rings. The minimum atomic E-state index is -0.376. The molecule has 108 valence electrons. The predicted molar refractivity (Wildman–Crippen MR) is 75.6 cm³/mol. The molecular weight excluding hydrogens is 256 g/mol. The summed E-state index contributed by atoms with van der Waals surface area (Å²) in [6.45, 7) is 3.47. The highest BCUT2D eigenvalue weighted by atomic mass is 16.3. The molecule has 2 amide bonds. The molecule has 2 rings (SSSR count). The molecule has 1 N–H and O–H groups in total. The number of fused-ring (bicyclic) bond motifs is 1. The van der Waals surface area contributed by atoms with Gasteiger partial charge in [0.15, 0.2) is 0 Å². The molecule has 0 bridgehead atoms. The molecule has 1 aromatic carbocycles. The first-order valence-electron chi connectivity index (χ1n) is 6.82. The highest BCUT2D eigenvalue weighted by molar-refractivity contribution is 6.21. The van der Waals surface area contributed by atoms with Gasteiger partial charge in [-0.2, -0.15) is 0 Å². The molecule has 1 aliphatic heterocycles. The van der Waals surface area contributed by atoms with E-state index < -0.39 is 0 Å². The van der Waals surface area contributed by atoms with E-state index in [0.29, 0.717) is 30.6 Å². The second-order valence-electron chi connectivity index (χ2n) is 5.27. The molecule has 0 aromatic heterocycles. The van der Waals surface area contributed by atoms with Gasteiger partial charge in [0, 0.05) is 13.1 Å². The number of aliphatic hydroxyl groups is 1. The molecule has 20 heavy (non-hydrogen) atoms. The van der Waals surface area contributed by atoms with E-state index in [0.717, 1.165) is 6.54 Å². The average Bonchev–Trinajstić information content (AvgIpc) is 2.63. The highest BCUT2D eigenvalue weighted by Crippen LogP contribution is 2.22. The van der Waals surface area contributed by atoms with Crippen molar-refractivity contribution in [1.29, 1.82) is 0 Å². The topological polar surface area (TPSA) is 60.9 Å². The van der Waals surface area contributed by atoms with Crippen molar-refractivity contribution in [2.75, 3.05) is 26.7 Å². The van der Waals surface area contributed by atoms with Crippen LogP contribution in [-0.4, -0.2) is 59.5 Å². The van der Waals surface area contributed by atoms with Crippen molar-refractivity contribution in [2.45, 2.75) is 19.4 Å². The second kappa shape index (κ2) is 6.15. The molecule has 1 aliphatic rings. The van der Waals surface area contributed by atoms with Gasteiger partial charge in [-0.05, 0) is 39.1 Å². The van der Waals surface area contributed by atoms with Crippen LogP contribution in [0.4, 0.5) is 0 Å². The van der Waals surface area contributed by atoms with Gasteiger partial charge >= 0.3 is 0 Å². The monoisotopic (exact) mass is 276 g/mol. The van der Waals surface area contributed by atoms with Gasteiger partial charge < -0.3 is 10.0 Å². The fourth-order valence-electron chi connectivity index (χ4n) is 2.48. The van der Waals surface area contributed by atoms with Gasteiger partial charge in [0.1, 0.15) is 0 Å². The predicted octanol–water partition coefficient (Wildman–Crippen LogP) is 0.985. The number of likely N-dealkylation sites (N-methyl/N-ethyl adjacent to an activating group) is 1. The molecule has 0 radical (unpaired) electrons. The highest BCUT2D eigenvalue weighted by Gasteiger charge is 2.34. The van der Waals surface area contributed by atoms with E-state index in [-0.39, 0.29) is 17.9 Å². The number of hydrogen-bond donors (Lipinski definition) is 1. The smallest absolute Gasteiger partial charge is 0.261 e. The minimum absolute atomic E-state index is 0.205. The van der Waals surface area contributed by atoms with E-state index in [4.69, 9.17) is 0 Å². The molecule has 1 aromatic rings. The molecule has 0 saturated carbocycles. The van der Waals surface area contributed by atoms with Crippen LogP contribution in [0.15, 0.2) is 24.3 Å². The summed E-state index contributed by atoms with van der Waals surface area (Å²) in [5.41, 5.74) is 0.990.